The second-order valence-corrected chi connectivity index (χ2v) is 11.2. The highest BCUT2D eigenvalue weighted by Crippen LogP contribution is 2.33. The van der Waals surface area contributed by atoms with E-state index in [2.05, 4.69) is 19.8 Å². The Morgan fingerprint density at radius 2 is 1.73 bits per heavy atom. The number of ether oxygens (including phenoxy) is 2. The molecule has 2 heterocycles. The molecule has 1 aliphatic rings. The summed E-state index contributed by atoms with van der Waals surface area (Å²) in [5, 5.41) is 4.70. The summed E-state index contributed by atoms with van der Waals surface area (Å²) in [6.07, 6.45) is -4.13. The van der Waals surface area contributed by atoms with E-state index in [1.807, 2.05) is 62.4 Å². The monoisotopic (exact) mass is 623 g/mol. The Labute approximate surface area is 255 Å². The normalized spacial score (nSPS) is 15.2. The zero-order valence-corrected chi connectivity index (χ0v) is 24.8. The number of thioether (sulfide) groups is 1. The van der Waals surface area contributed by atoms with Crippen LogP contribution in [0, 0.1) is 0 Å². The summed E-state index contributed by atoms with van der Waals surface area (Å²) in [7, 11) is 0. The molecule has 1 saturated heterocycles. The number of amidine groups is 1. The van der Waals surface area contributed by atoms with Gasteiger partial charge in [-0.25, -0.2) is 14.5 Å². The molecule has 9 nitrogen and oxygen atoms in total. The largest absolute Gasteiger partial charge is 0.573 e. The highest BCUT2D eigenvalue weighted by atomic mass is 32.2. The van der Waals surface area contributed by atoms with Crippen LogP contribution in [0.15, 0.2) is 84.1 Å². The Balaban J connectivity index is 1.19. The van der Waals surface area contributed by atoms with Crippen LogP contribution in [0.25, 0.3) is 17.1 Å². The Kier molecular flexibility index (Phi) is 9.04. The lowest BCUT2D eigenvalue weighted by Gasteiger charge is -2.21. The number of aromatic nitrogens is 3. The van der Waals surface area contributed by atoms with Crippen LogP contribution in [-0.2, 0) is 16.0 Å². The van der Waals surface area contributed by atoms with Crippen LogP contribution >= 0.6 is 11.8 Å². The van der Waals surface area contributed by atoms with Crippen LogP contribution < -0.4 is 9.64 Å². The summed E-state index contributed by atoms with van der Waals surface area (Å²) in [4.78, 5) is 35.3. The van der Waals surface area contributed by atoms with Gasteiger partial charge in [-0.1, -0.05) is 68.1 Å². The van der Waals surface area contributed by atoms with E-state index in [-0.39, 0.29) is 23.3 Å². The molecule has 1 fully saturated rings. The van der Waals surface area contributed by atoms with E-state index in [4.69, 9.17) is 4.74 Å². The van der Waals surface area contributed by atoms with E-state index in [1.54, 1.807) is 6.92 Å². The lowest BCUT2D eigenvalue weighted by Crippen LogP contribution is -2.31. The van der Waals surface area contributed by atoms with Crippen LogP contribution in [0.2, 0.25) is 0 Å². The molecule has 4 aromatic rings. The highest BCUT2D eigenvalue weighted by Gasteiger charge is 2.33. The first-order valence-corrected chi connectivity index (χ1v) is 14.7. The first-order valence-electron chi connectivity index (χ1n) is 13.7. The Morgan fingerprint density at radius 1 is 1.02 bits per heavy atom. The summed E-state index contributed by atoms with van der Waals surface area (Å²) in [5.74, 6) is 0.325. The third-order valence-electron chi connectivity index (χ3n) is 6.62. The number of halogens is 3. The predicted molar refractivity (Wildman–Crippen MR) is 161 cm³/mol. The number of amides is 2. The average Bonchev–Trinajstić information content (AvgIpc) is 3.60. The number of aliphatic imine (C=N–C) groups is 1. The van der Waals surface area contributed by atoms with Crippen LogP contribution in [0.1, 0.15) is 37.8 Å². The molecule has 0 bridgehead atoms. The van der Waals surface area contributed by atoms with Crippen molar-refractivity contribution in [3.8, 4) is 22.8 Å². The van der Waals surface area contributed by atoms with Crippen molar-refractivity contribution >= 4 is 34.6 Å². The van der Waals surface area contributed by atoms with Gasteiger partial charge in [-0.2, -0.15) is 4.99 Å². The molecule has 228 valence electrons. The topological polar surface area (TPSA) is 98.9 Å². The number of nitrogens with zero attached hydrogens (tertiary/aromatic N) is 5. The molecule has 13 heteroatoms. The van der Waals surface area contributed by atoms with E-state index < -0.39 is 18.6 Å². The number of hydrogen-bond acceptors (Lipinski definition) is 7. The lowest BCUT2D eigenvalue weighted by atomic mass is 10.0. The summed E-state index contributed by atoms with van der Waals surface area (Å²) >= 11 is 1.20. The molecular weight excluding hydrogens is 595 g/mol. The molecule has 5 rings (SSSR count). The fraction of sp³-hybridized carbons (Fsp3) is 0.258. The van der Waals surface area contributed by atoms with Crippen molar-refractivity contribution < 1.29 is 32.2 Å². The molecule has 1 aromatic heterocycles. The summed E-state index contributed by atoms with van der Waals surface area (Å²) in [5.41, 5.74) is 3.84. The minimum atomic E-state index is -4.76. The van der Waals surface area contributed by atoms with E-state index in [0.29, 0.717) is 28.8 Å². The third-order valence-corrected chi connectivity index (χ3v) is 7.54. The van der Waals surface area contributed by atoms with Crippen LogP contribution in [0.3, 0.4) is 0 Å². The van der Waals surface area contributed by atoms with E-state index in [9.17, 15) is 22.8 Å². The number of carbonyl (C=O) groups is 2. The fourth-order valence-corrected chi connectivity index (χ4v) is 5.47. The standard InChI is InChI=1S/C31H28F3N5O4S/c1-19(2)25-6-4-5-7-26(25)39-27(40)17-44-29(39)36-30(41)42-20(3)16-21-8-10-22(11-9-21)28-35-18-38(37-28)23-12-14-24(15-13-23)43-31(32,33)34/h4-15,18-20H,16-17H2,1-3H3/b36-29-. The molecular formula is C31H28F3N5O4S. The van der Waals surface area contributed by atoms with Gasteiger partial charge in [0, 0.05) is 12.0 Å². The first kappa shape index (κ1) is 30.8. The third kappa shape index (κ3) is 7.46. The van der Waals surface area contributed by atoms with E-state index in [1.165, 1.54) is 51.9 Å². The quantitative estimate of drug-likeness (QED) is 0.205. The summed E-state index contributed by atoms with van der Waals surface area (Å²) in [6, 6.07) is 20.3. The highest BCUT2D eigenvalue weighted by molar-refractivity contribution is 8.15. The molecule has 0 saturated carbocycles. The number of carbonyl (C=O) groups excluding carboxylic acids is 2. The number of para-hydroxylation sites is 1. The van der Waals surface area contributed by atoms with Gasteiger partial charge in [-0.3, -0.25) is 9.69 Å². The van der Waals surface area contributed by atoms with Gasteiger partial charge in [0.05, 0.1) is 17.1 Å². The molecule has 1 aliphatic heterocycles. The molecule has 2 amide bonds. The molecule has 0 aliphatic carbocycles. The van der Waals surface area contributed by atoms with Gasteiger partial charge in [0.15, 0.2) is 11.0 Å². The van der Waals surface area contributed by atoms with Crippen molar-refractivity contribution in [2.45, 2.75) is 45.6 Å². The molecule has 44 heavy (non-hydrogen) atoms. The molecule has 1 unspecified atom stereocenters. The molecule has 0 spiro atoms. The zero-order valence-electron chi connectivity index (χ0n) is 24.0. The molecule has 0 N–H and O–H groups in total. The van der Waals surface area contributed by atoms with Crippen molar-refractivity contribution in [3.63, 3.8) is 0 Å². The van der Waals surface area contributed by atoms with E-state index >= 15 is 0 Å². The van der Waals surface area contributed by atoms with Crippen molar-refractivity contribution in [2.24, 2.45) is 4.99 Å². The second kappa shape index (κ2) is 12.9. The van der Waals surface area contributed by atoms with Crippen LogP contribution in [0.5, 0.6) is 5.75 Å². The van der Waals surface area contributed by atoms with Crippen LogP contribution in [-0.4, -0.2) is 50.2 Å². The Morgan fingerprint density at radius 3 is 2.41 bits per heavy atom. The van der Waals surface area contributed by atoms with Crippen molar-refractivity contribution in [1.82, 2.24) is 14.8 Å². The first-order chi connectivity index (χ1) is 21.0. The number of hydrogen-bond donors (Lipinski definition) is 0. The Hall–Kier alpha value is -4.65. The molecule has 0 radical (unpaired) electrons. The number of benzene rings is 3. The zero-order chi connectivity index (χ0) is 31.4. The predicted octanol–water partition coefficient (Wildman–Crippen LogP) is 7.16. The number of rotatable bonds is 8. The van der Waals surface area contributed by atoms with Gasteiger partial charge < -0.3 is 9.47 Å². The molecule has 1 atom stereocenters. The van der Waals surface area contributed by atoms with E-state index in [0.717, 1.165) is 16.7 Å². The van der Waals surface area contributed by atoms with Gasteiger partial charge >= 0.3 is 12.5 Å². The maximum atomic E-state index is 12.7. The van der Waals surface area contributed by atoms with Gasteiger partial charge in [0.1, 0.15) is 18.2 Å². The minimum absolute atomic E-state index is 0.143. The smallest absolute Gasteiger partial charge is 0.445 e. The average molecular weight is 624 g/mol. The van der Waals surface area contributed by atoms with Gasteiger partial charge in [-0.15, -0.1) is 18.3 Å². The minimum Gasteiger partial charge on any atom is -0.445 e. The lowest BCUT2D eigenvalue weighted by molar-refractivity contribution is -0.274. The second-order valence-electron chi connectivity index (χ2n) is 10.3. The van der Waals surface area contributed by atoms with Gasteiger partial charge in [0.25, 0.3) is 0 Å². The van der Waals surface area contributed by atoms with Crippen molar-refractivity contribution in [3.05, 3.63) is 90.3 Å². The van der Waals surface area contributed by atoms with Gasteiger partial charge in [0.2, 0.25) is 5.91 Å². The SMILES string of the molecule is CC(Cc1ccc(-c2ncn(-c3ccc(OC(F)(F)F)cc3)n2)cc1)OC(=O)/N=C1\SCC(=O)N1c1ccccc1C(C)C. The van der Waals surface area contributed by atoms with Crippen molar-refractivity contribution in [1.29, 1.82) is 0 Å². The number of anilines is 1. The maximum Gasteiger partial charge on any atom is 0.573 e. The summed E-state index contributed by atoms with van der Waals surface area (Å²) in [6.45, 7) is 5.84. The number of alkyl halides is 3. The Bertz CT molecular complexity index is 1670. The molecule has 3 aromatic carbocycles. The fourth-order valence-electron chi connectivity index (χ4n) is 4.62. The van der Waals surface area contributed by atoms with Gasteiger partial charge in [-0.05, 0) is 54.3 Å². The van der Waals surface area contributed by atoms with Crippen molar-refractivity contribution in [2.75, 3.05) is 10.7 Å². The summed E-state index contributed by atoms with van der Waals surface area (Å²) < 4.78 is 48.1. The maximum absolute atomic E-state index is 12.7. The van der Waals surface area contributed by atoms with Crippen LogP contribution in [0.4, 0.5) is 23.7 Å².